The fraction of sp³-hybridized carbons (Fsp3) is 0.160. The summed E-state index contributed by atoms with van der Waals surface area (Å²) in [5, 5.41) is 12.2. The van der Waals surface area contributed by atoms with E-state index in [2.05, 4.69) is 15.5 Å². The van der Waals surface area contributed by atoms with Crippen LogP contribution in [-0.4, -0.2) is 33.0 Å². The number of aryl methyl sites for hydroxylation is 1. The van der Waals surface area contributed by atoms with Crippen molar-refractivity contribution in [2.75, 3.05) is 12.4 Å². The molecule has 1 heterocycles. The Labute approximate surface area is 191 Å². The summed E-state index contributed by atoms with van der Waals surface area (Å²) in [6.07, 6.45) is 0. The van der Waals surface area contributed by atoms with Crippen molar-refractivity contribution in [3.05, 3.63) is 84.4 Å². The molecule has 0 saturated carbocycles. The Hall–Kier alpha value is -3.58. The number of carbonyl (C=O) groups excluding carboxylic acids is 1. The van der Waals surface area contributed by atoms with Crippen molar-refractivity contribution in [3.63, 3.8) is 0 Å². The lowest BCUT2D eigenvalue weighted by Crippen LogP contribution is -2.23. The Morgan fingerprint density at radius 2 is 1.75 bits per heavy atom. The minimum Gasteiger partial charge on any atom is -0.497 e. The quantitative estimate of drug-likeness (QED) is 0.388. The van der Waals surface area contributed by atoms with Crippen LogP contribution in [0.15, 0.2) is 84.0 Å². The second kappa shape index (κ2) is 9.70. The average molecular weight is 445 g/mol. The molecule has 0 aliphatic heterocycles. The molecule has 1 unspecified atom stereocenters. The standard InChI is InChI=1S/C25H24N4O2S/c1-17-10-7-8-15-22(17)26-24(30)18(2)32-25-28-27-23(19-11-9-14-21(16-19)31-3)29(25)20-12-5-4-6-13-20/h4-16,18H,1-3H3,(H,26,30). The second-order valence-corrected chi connectivity index (χ2v) is 8.58. The molecule has 0 fully saturated rings. The van der Waals surface area contributed by atoms with Crippen LogP contribution in [0.1, 0.15) is 12.5 Å². The summed E-state index contributed by atoms with van der Waals surface area (Å²) in [5.74, 6) is 1.34. The van der Waals surface area contributed by atoms with E-state index in [9.17, 15) is 4.79 Å². The zero-order valence-electron chi connectivity index (χ0n) is 18.1. The summed E-state index contributed by atoms with van der Waals surface area (Å²) in [6, 6.07) is 25.3. The van der Waals surface area contributed by atoms with Gasteiger partial charge in [0.1, 0.15) is 5.75 Å². The van der Waals surface area contributed by atoms with E-state index in [1.165, 1.54) is 11.8 Å². The number of rotatable bonds is 7. The average Bonchev–Trinajstić information content (AvgIpc) is 3.24. The Balaban J connectivity index is 1.66. The van der Waals surface area contributed by atoms with E-state index in [0.29, 0.717) is 11.0 Å². The largest absolute Gasteiger partial charge is 0.497 e. The molecule has 3 aromatic carbocycles. The lowest BCUT2D eigenvalue weighted by atomic mass is 10.2. The maximum atomic E-state index is 12.9. The number of nitrogens with zero attached hydrogens (tertiary/aromatic N) is 3. The molecular formula is C25H24N4O2S. The topological polar surface area (TPSA) is 69.0 Å². The first-order chi connectivity index (χ1) is 15.6. The van der Waals surface area contributed by atoms with Crippen LogP contribution in [0.3, 0.4) is 0 Å². The van der Waals surface area contributed by atoms with Crippen LogP contribution in [-0.2, 0) is 4.79 Å². The summed E-state index contributed by atoms with van der Waals surface area (Å²) in [7, 11) is 1.64. The number of thioether (sulfide) groups is 1. The number of methoxy groups -OCH3 is 1. The van der Waals surface area contributed by atoms with Crippen LogP contribution in [0, 0.1) is 6.92 Å². The van der Waals surface area contributed by atoms with Gasteiger partial charge in [-0.05, 0) is 49.7 Å². The first-order valence-electron chi connectivity index (χ1n) is 10.2. The Kier molecular flexibility index (Phi) is 6.56. The number of hydrogen-bond donors (Lipinski definition) is 1. The van der Waals surface area contributed by atoms with Gasteiger partial charge < -0.3 is 10.1 Å². The molecule has 0 aliphatic carbocycles. The van der Waals surface area contributed by atoms with E-state index in [4.69, 9.17) is 4.74 Å². The van der Waals surface area contributed by atoms with Gasteiger partial charge in [0.05, 0.1) is 12.4 Å². The molecule has 0 saturated heterocycles. The molecule has 4 aromatic rings. The third-order valence-electron chi connectivity index (χ3n) is 5.03. The number of carbonyl (C=O) groups is 1. The number of amides is 1. The smallest absolute Gasteiger partial charge is 0.237 e. The van der Waals surface area contributed by atoms with Gasteiger partial charge in [-0.3, -0.25) is 9.36 Å². The molecule has 1 atom stereocenters. The van der Waals surface area contributed by atoms with Crippen molar-refractivity contribution < 1.29 is 9.53 Å². The van der Waals surface area contributed by atoms with Crippen LogP contribution in [0.2, 0.25) is 0 Å². The zero-order valence-corrected chi connectivity index (χ0v) is 19.0. The van der Waals surface area contributed by atoms with Crippen molar-refractivity contribution in [3.8, 4) is 22.8 Å². The number of para-hydroxylation sites is 2. The molecular weight excluding hydrogens is 420 g/mol. The molecule has 1 N–H and O–H groups in total. The van der Waals surface area contributed by atoms with Crippen molar-refractivity contribution in [1.82, 2.24) is 14.8 Å². The van der Waals surface area contributed by atoms with Crippen LogP contribution in [0.25, 0.3) is 17.1 Å². The summed E-state index contributed by atoms with van der Waals surface area (Å²) in [6.45, 7) is 3.84. The normalized spacial score (nSPS) is 11.7. The highest BCUT2D eigenvalue weighted by Crippen LogP contribution is 2.31. The van der Waals surface area contributed by atoms with Gasteiger partial charge in [0, 0.05) is 16.9 Å². The van der Waals surface area contributed by atoms with E-state index in [0.717, 1.165) is 28.3 Å². The number of ether oxygens (including phenoxy) is 1. The highest BCUT2D eigenvalue weighted by molar-refractivity contribution is 8.00. The molecule has 1 aromatic heterocycles. The molecule has 6 nitrogen and oxygen atoms in total. The lowest BCUT2D eigenvalue weighted by molar-refractivity contribution is -0.115. The molecule has 7 heteroatoms. The minimum absolute atomic E-state index is 0.0881. The van der Waals surface area contributed by atoms with Crippen LogP contribution in [0.5, 0.6) is 5.75 Å². The van der Waals surface area contributed by atoms with Crippen LogP contribution < -0.4 is 10.1 Å². The Bertz CT molecular complexity index is 1220. The monoisotopic (exact) mass is 444 g/mol. The first kappa shape index (κ1) is 21.6. The summed E-state index contributed by atoms with van der Waals surface area (Å²) in [4.78, 5) is 12.9. The summed E-state index contributed by atoms with van der Waals surface area (Å²) in [5.41, 5.74) is 3.63. The van der Waals surface area contributed by atoms with Gasteiger partial charge in [0.25, 0.3) is 0 Å². The number of aromatic nitrogens is 3. The molecule has 1 amide bonds. The van der Waals surface area contributed by atoms with Gasteiger partial charge in [-0.25, -0.2) is 0 Å². The van der Waals surface area contributed by atoms with Crippen LogP contribution >= 0.6 is 11.8 Å². The van der Waals surface area contributed by atoms with Gasteiger partial charge in [-0.1, -0.05) is 60.3 Å². The number of benzene rings is 3. The number of nitrogens with one attached hydrogen (secondary N) is 1. The number of hydrogen-bond acceptors (Lipinski definition) is 5. The van der Waals surface area contributed by atoms with Crippen molar-refractivity contribution >= 4 is 23.4 Å². The SMILES string of the molecule is COc1cccc(-c2nnc(SC(C)C(=O)Nc3ccccc3C)n2-c2ccccc2)c1. The van der Waals surface area contributed by atoms with Crippen molar-refractivity contribution in [2.24, 2.45) is 0 Å². The third-order valence-corrected chi connectivity index (χ3v) is 6.07. The fourth-order valence-corrected chi connectivity index (χ4v) is 4.13. The first-order valence-corrected chi connectivity index (χ1v) is 11.1. The molecule has 32 heavy (non-hydrogen) atoms. The predicted octanol–water partition coefficient (Wildman–Crippen LogP) is 5.37. The van der Waals surface area contributed by atoms with E-state index in [-0.39, 0.29) is 11.2 Å². The molecule has 0 bridgehead atoms. The van der Waals surface area contributed by atoms with E-state index < -0.39 is 0 Å². The van der Waals surface area contributed by atoms with Gasteiger partial charge in [0.15, 0.2) is 11.0 Å². The van der Waals surface area contributed by atoms with Gasteiger partial charge >= 0.3 is 0 Å². The highest BCUT2D eigenvalue weighted by atomic mass is 32.2. The van der Waals surface area contributed by atoms with Gasteiger partial charge in [-0.15, -0.1) is 10.2 Å². The highest BCUT2D eigenvalue weighted by Gasteiger charge is 2.22. The Morgan fingerprint density at radius 1 is 1.00 bits per heavy atom. The molecule has 0 radical (unpaired) electrons. The lowest BCUT2D eigenvalue weighted by Gasteiger charge is -2.15. The molecule has 4 rings (SSSR count). The summed E-state index contributed by atoms with van der Waals surface area (Å²) >= 11 is 1.37. The molecule has 162 valence electrons. The van der Waals surface area contributed by atoms with E-state index in [1.54, 1.807) is 7.11 Å². The molecule has 0 aliphatic rings. The van der Waals surface area contributed by atoms with E-state index >= 15 is 0 Å². The second-order valence-electron chi connectivity index (χ2n) is 7.27. The predicted molar refractivity (Wildman–Crippen MR) is 128 cm³/mol. The zero-order chi connectivity index (χ0) is 22.5. The summed E-state index contributed by atoms with van der Waals surface area (Å²) < 4.78 is 7.34. The van der Waals surface area contributed by atoms with Crippen LogP contribution in [0.4, 0.5) is 5.69 Å². The number of anilines is 1. The maximum absolute atomic E-state index is 12.9. The fourth-order valence-electron chi connectivity index (χ4n) is 3.26. The third kappa shape index (κ3) is 4.68. The van der Waals surface area contributed by atoms with Crippen molar-refractivity contribution in [1.29, 1.82) is 0 Å². The van der Waals surface area contributed by atoms with E-state index in [1.807, 2.05) is 97.3 Å². The Morgan fingerprint density at radius 3 is 2.50 bits per heavy atom. The minimum atomic E-state index is -0.376. The molecule has 0 spiro atoms. The maximum Gasteiger partial charge on any atom is 0.237 e. The van der Waals surface area contributed by atoms with Crippen molar-refractivity contribution in [2.45, 2.75) is 24.3 Å². The van der Waals surface area contributed by atoms with Gasteiger partial charge in [-0.2, -0.15) is 0 Å². The van der Waals surface area contributed by atoms with Gasteiger partial charge in [0.2, 0.25) is 5.91 Å².